The number of para-hydroxylation sites is 1. The number of carbonyl (C=O) groups is 4. The van der Waals surface area contributed by atoms with E-state index in [4.69, 9.17) is 9.47 Å². The Bertz CT molecular complexity index is 1150. The van der Waals surface area contributed by atoms with Crippen LogP contribution in [-0.2, 0) is 14.3 Å². The molecule has 172 valence electrons. The molecular weight excluding hydrogens is 430 g/mol. The minimum absolute atomic E-state index is 0.0302. The second-order valence-electron chi connectivity index (χ2n) is 7.43. The highest BCUT2D eigenvalue weighted by Crippen LogP contribution is 2.49. The van der Waals surface area contributed by atoms with Crippen molar-refractivity contribution in [3.63, 3.8) is 0 Å². The van der Waals surface area contributed by atoms with Gasteiger partial charge in [-0.05, 0) is 18.2 Å². The molecule has 1 N–H and O–H groups in total. The molecule has 2 heterocycles. The third-order valence-corrected chi connectivity index (χ3v) is 5.72. The Hall–Kier alpha value is -4.08. The van der Waals surface area contributed by atoms with Gasteiger partial charge in [-0.2, -0.15) is 0 Å². The molecule has 4 rings (SSSR count). The number of ether oxygens (including phenoxy) is 3. The maximum absolute atomic E-state index is 13.6. The lowest BCUT2D eigenvalue weighted by Gasteiger charge is -2.40. The van der Waals surface area contributed by atoms with Crippen molar-refractivity contribution in [1.82, 2.24) is 10.2 Å². The molecule has 0 aliphatic carbocycles. The summed E-state index contributed by atoms with van der Waals surface area (Å²) < 4.78 is 15.3. The number of rotatable bonds is 7. The van der Waals surface area contributed by atoms with Crippen LogP contribution in [0.15, 0.2) is 36.4 Å². The number of anilines is 1. The first-order valence-electron chi connectivity index (χ1n) is 10.2. The number of methoxy groups -OCH3 is 3. The van der Waals surface area contributed by atoms with Gasteiger partial charge in [0.25, 0.3) is 11.8 Å². The first kappa shape index (κ1) is 22.1. The van der Waals surface area contributed by atoms with Crippen molar-refractivity contribution in [2.45, 2.75) is 12.6 Å². The number of amides is 3. The zero-order valence-corrected chi connectivity index (χ0v) is 18.4. The number of nitrogens with zero attached hydrogens (tertiary/aromatic N) is 2. The fourth-order valence-corrected chi connectivity index (χ4v) is 4.20. The molecule has 0 bridgehead atoms. The summed E-state index contributed by atoms with van der Waals surface area (Å²) in [7, 11) is 4.16. The van der Waals surface area contributed by atoms with Gasteiger partial charge in [-0.25, -0.2) is 0 Å². The van der Waals surface area contributed by atoms with Crippen LogP contribution >= 0.6 is 0 Å². The van der Waals surface area contributed by atoms with Crippen LogP contribution in [0.1, 0.15) is 38.9 Å². The molecular formula is C23H23N3O7. The van der Waals surface area contributed by atoms with Crippen LogP contribution in [0.2, 0.25) is 0 Å². The number of fused-ring (bicyclic) bond motifs is 5. The predicted molar refractivity (Wildman–Crippen MR) is 116 cm³/mol. The van der Waals surface area contributed by atoms with Crippen LogP contribution in [-0.4, -0.2) is 63.0 Å². The largest absolute Gasteiger partial charge is 0.493 e. The van der Waals surface area contributed by atoms with E-state index in [1.54, 1.807) is 36.4 Å². The van der Waals surface area contributed by atoms with Crippen molar-refractivity contribution in [2.24, 2.45) is 0 Å². The Kier molecular flexibility index (Phi) is 5.91. The van der Waals surface area contributed by atoms with Crippen molar-refractivity contribution in [2.75, 3.05) is 39.3 Å². The summed E-state index contributed by atoms with van der Waals surface area (Å²) in [5.41, 5.74) is 1.74. The van der Waals surface area contributed by atoms with Gasteiger partial charge in [-0.1, -0.05) is 18.2 Å². The van der Waals surface area contributed by atoms with Crippen LogP contribution in [0.4, 0.5) is 5.69 Å². The number of nitrogens with one attached hydrogen (secondary N) is 1. The second-order valence-corrected chi connectivity index (χ2v) is 7.43. The third kappa shape index (κ3) is 3.63. The molecule has 1 unspecified atom stereocenters. The molecule has 2 aliphatic rings. The van der Waals surface area contributed by atoms with E-state index in [0.29, 0.717) is 28.1 Å². The molecule has 2 aliphatic heterocycles. The molecule has 2 aromatic rings. The molecule has 3 amide bonds. The highest BCUT2D eigenvalue weighted by atomic mass is 16.5. The van der Waals surface area contributed by atoms with Gasteiger partial charge in [0, 0.05) is 18.5 Å². The fraction of sp³-hybridized carbons (Fsp3) is 0.304. The van der Waals surface area contributed by atoms with Crippen LogP contribution in [0.25, 0.3) is 0 Å². The minimum atomic E-state index is -0.747. The molecule has 0 spiro atoms. The molecule has 0 aromatic heterocycles. The first-order chi connectivity index (χ1) is 15.9. The summed E-state index contributed by atoms with van der Waals surface area (Å²) >= 11 is 0. The molecule has 1 atom stereocenters. The normalized spacial score (nSPS) is 16.0. The van der Waals surface area contributed by atoms with Crippen molar-refractivity contribution in [1.29, 1.82) is 0 Å². The summed E-state index contributed by atoms with van der Waals surface area (Å²) in [6, 6.07) is 10.2. The van der Waals surface area contributed by atoms with Gasteiger partial charge in [0.15, 0.2) is 11.5 Å². The average Bonchev–Trinajstić information content (AvgIpc) is 3.14. The number of benzene rings is 2. The van der Waals surface area contributed by atoms with E-state index in [2.05, 4.69) is 10.1 Å². The Labute approximate surface area is 190 Å². The minimum Gasteiger partial charge on any atom is -0.493 e. The van der Waals surface area contributed by atoms with Gasteiger partial charge < -0.3 is 24.4 Å². The van der Waals surface area contributed by atoms with Gasteiger partial charge in [-0.15, -0.1) is 0 Å². The zero-order chi connectivity index (χ0) is 23.7. The molecule has 0 saturated heterocycles. The van der Waals surface area contributed by atoms with Crippen LogP contribution in [0, 0.1) is 0 Å². The van der Waals surface area contributed by atoms with Crippen LogP contribution in [0.5, 0.6) is 11.5 Å². The standard InChI is InChI=1S/C23H23N3O7/c1-31-16-9-8-14-19(20(16)33-3)23(30)26-15-7-5-4-6-13(15)22(29)25(21(14)26)11-10-17(27)24-12-18(28)32-2/h4-9,21H,10-12H2,1-3H3,(H,24,27). The second kappa shape index (κ2) is 8.81. The molecule has 0 fully saturated rings. The SMILES string of the molecule is COC(=O)CNC(=O)CCN1C(=O)c2ccccc2N2C(=O)c3c(ccc(OC)c3OC)C12. The monoisotopic (exact) mass is 453 g/mol. The summed E-state index contributed by atoms with van der Waals surface area (Å²) in [6.07, 6.45) is -0.811. The van der Waals surface area contributed by atoms with Gasteiger partial charge in [-0.3, -0.25) is 24.1 Å². The number of carbonyl (C=O) groups excluding carboxylic acids is 4. The molecule has 33 heavy (non-hydrogen) atoms. The lowest BCUT2D eigenvalue weighted by atomic mass is 10.0. The average molecular weight is 453 g/mol. The zero-order valence-electron chi connectivity index (χ0n) is 18.4. The highest BCUT2D eigenvalue weighted by Gasteiger charge is 2.49. The summed E-state index contributed by atoms with van der Waals surface area (Å²) in [5.74, 6) is -0.939. The Balaban J connectivity index is 1.72. The van der Waals surface area contributed by atoms with Crippen molar-refractivity contribution in [3.05, 3.63) is 53.1 Å². The molecule has 10 heteroatoms. The van der Waals surface area contributed by atoms with E-state index >= 15 is 0 Å². The quantitative estimate of drug-likeness (QED) is 0.632. The number of hydrogen-bond acceptors (Lipinski definition) is 7. The molecule has 10 nitrogen and oxygen atoms in total. The van der Waals surface area contributed by atoms with Gasteiger partial charge in [0.05, 0.1) is 38.1 Å². The van der Waals surface area contributed by atoms with Crippen molar-refractivity contribution >= 4 is 29.4 Å². The molecule has 2 aromatic carbocycles. The Morgan fingerprint density at radius 2 is 1.76 bits per heavy atom. The highest BCUT2D eigenvalue weighted by molar-refractivity contribution is 6.18. The number of esters is 1. The van der Waals surface area contributed by atoms with E-state index < -0.39 is 18.0 Å². The van der Waals surface area contributed by atoms with Gasteiger partial charge >= 0.3 is 5.97 Å². The van der Waals surface area contributed by atoms with Gasteiger partial charge in [0.1, 0.15) is 12.7 Å². The fourth-order valence-electron chi connectivity index (χ4n) is 4.20. The topological polar surface area (TPSA) is 114 Å². The van der Waals surface area contributed by atoms with Crippen LogP contribution in [0.3, 0.4) is 0 Å². The molecule has 0 saturated carbocycles. The third-order valence-electron chi connectivity index (χ3n) is 5.72. The number of hydrogen-bond donors (Lipinski definition) is 1. The lowest BCUT2D eigenvalue weighted by molar-refractivity contribution is -0.141. The van der Waals surface area contributed by atoms with E-state index in [-0.39, 0.29) is 37.1 Å². The Morgan fingerprint density at radius 1 is 1.00 bits per heavy atom. The maximum Gasteiger partial charge on any atom is 0.325 e. The predicted octanol–water partition coefficient (Wildman–Crippen LogP) is 1.50. The van der Waals surface area contributed by atoms with E-state index in [0.717, 1.165) is 0 Å². The summed E-state index contributed by atoms with van der Waals surface area (Å²) in [4.78, 5) is 53.5. The lowest BCUT2D eigenvalue weighted by Crippen LogP contribution is -2.49. The Morgan fingerprint density at radius 3 is 2.45 bits per heavy atom. The first-order valence-corrected chi connectivity index (χ1v) is 10.2. The van der Waals surface area contributed by atoms with E-state index in [1.807, 2.05) is 0 Å². The summed E-state index contributed by atoms with van der Waals surface area (Å²) in [6.45, 7) is -0.234. The smallest absolute Gasteiger partial charge is 0.325 e. The summed E-state index contributed by atoms with van der Waals surface area (Å²) in [5, 5.41) is 2.46. The van der Waals surface area contributed by atoms with Crippen molar-refractivity contribution in [3.8, 4) is 11.5 Å². The van der Waals surface area contributed by atoms with Crippen molar-refractivity contribution < 1.29 is 33.4 Å². The molecule has 0 radical (unpaired) electrons. The maximum atomic E-state index is 13.6. The van der Waals surface area contributed by atoms with Crippen LogP contribution < -0.4 is 19.7 Å². The van der Waals surface area contributed by atoms with Gasteiger partial charge in [0.2, 0.25) is 5.91 Å². The van der Waals surface area contributed by atoms with E-state index in [9.17, 15) is 19.2 Å². The van der Waals surface area contributed by atoms with E-state index in [1.165, 1.54) is 31.1 Å².